The highest BCUT2D eigenvalue weighted by molar-refractivity contribution is 5.92. The smallest absolute Gasteiger partial charge is 0.289 e. The Morgan fingerprint density at radius 3 is 1.34 bits per heavy atom. The summed E-state index contributed by atoms with van der Waals surface area (Å²) in [5, 5.41) is 9.20. The van der Waals surface area contributed by atoms with Crippen molar-refractivity contribution in [3.63, 3.8) is 0 Å². The van der Waals surface area contributed by atoms with E-state index in [4.69, 9.17) is 24.2 Å². The second-order valence-electron chi connectivity index (χ2n) is 25.6. The summed E-state index contributed by atoms with van der Waals surface area (Å²) >= 11 is 0. The maximum absolute atomic E-state index is 13.8. The van der Waals surface area contributed by atoms with Crippen molar-refractivity contribution < 1.29 is 28.2 Å². The molecule has 3 aliphatic heterocycles. The van der Waals surface area contributed by atoms with Gasteiger partial charge in [0.05, 0.1) is 104 Å². The first-order chi connectivity index (χ1) is 49.5. The van der Waals surface area contributed by atoms with E-state index in [2.05, 4.69) is 128 Å². The van der Waals surface area contributed by atoms with Gasteiger partial charge in [0.15, 0.2) is 5.82 Å². The minimum Gasteiger partial charge on any atom is -0.382 e. The number of nitrogens with one attached hydrogen (secondary N) is 3. The second-order valence-corrected chi connectivity index (χ2v) is 25.6. The van der Waals surface area contributed by atoms with Crippen molar-refractivity contribution in [2.45, 2.75) is 45.1 Å². The molecule has 0 spiro atoms. The summed E-state index contributed by atoms with van der Waals surface area (Å²) in [5.74, 6) is 0.139. The first kappa shape index (κ1) is 68.7. The molecule has 3 N–H and O–H groups in total. The number of carbonyl (C=O) groups excluding carboxylic acids is 2. The van der Waals surface area contributed by atoms with Gasteiger partial charge in [-0.3, -0.25) is 24.5 Å². The number of amides is 2. The Morgan fingerprint density at radius 2 is 0.891 bits per heavy atom. The monoisotopic (exact) mass is 1350 g/mol. The molecule has 2 amide bonds. The number of nitrogens with zero attached hydrogens (tertiary/aromatic N) is 13. The van der Waals surface area contributed by atoms with E-state index in [1.54, 1.807) is 36.9 Å². The van der Waals surface area contributed by atoms with Crippen LogP contribution in [0.1, 0.15) is 106 Å². The molecule has 516 valence electrons. The molecular formula is C79H83FN16O5. The summed E-state index contributed by atoms with van der Waals surface area (Å²) in [6, 6.07) is 31.4. The summed E-state index contributed by atoms with van der Waals surface area (Å²) in [5.41, 5.74) is 20.6. The zero-order valence-corrected chi connectivity index (χ0v) is 57.3. The van der Waals surface area contributed by atoms with Crippen molar-refractivity contribution in [3.05, 3.63) is 274 Å². The average molecular weight is 1360 g/mol. The Labute approximate surface area is 588 Å². The van der Waals surface area contributed by atoms with Crippen LogP contribution in [0.15, 0.2) is 178 Å². The van der Waals surface area contributed by atoms with Crippen molar-refractivity contribution >= 4 is 51.3 Å². The van der Waals surface area contributed by atoms with E-state index < -0.39 is 0 Å². The van der Waals surface area contributed by atoms with Crippen LogP contribution in [-0.4, -0.2) is 174 Å². The van der Waals surface area contributed by atoms with Gasteiger partial charge in [-0.15, -0.1) is 0 Å². The number of anilines is 3. The van der Waals surface area contributed by atoms with E-state index in [0.717, 1.165) is 194 Å². The predicted molar refractivity (Wildman–Crippen MR) is 390 cm³/mol. The molecule has 0 bridgehead atoms. The number of allylic oxidation sites excluding steroid dienone is 3. The molecule has 3 saturated heterocycles. The number of benzene rings is 3. The number of hydrogen-bond acceptors (Lipinski definition) is 19. The normalized spacial score (nSPS) is 15.5. The first-order valence-electron chi connectivity index (χ1n) is 34.5. The van der Waals surface area contributed by atoms with Gasteiger partial charge in [0.2, 0.25) is 11.6 Å². The molecule has 101 heavy (non-hydrogen) atoms. The Morgan fingerprint density at radius 1 is 0.495 bits per heavy atom. The molecule has 3 fully saturated rings. The summed E-state index contributed by atoms with van der Waals surface area (Å²) in [4.78, 5) is 75.0. The molecule has 6 aromatic heterocycles. The van der Waals surface area contributed by atoms with Crippen LogP contribution >= 0.6 is 0 Å². The van der Waals surface area contributed by atoms with Gasteiger partial charge >= 0.3 is 0 Å². The Kier molecular flexibility index (Phi) is 22.4. The predicted octanol–water partition coefficient (Wildman–Crippen LogP) is 9.34. The molecule has 1 atom stereocenters. The highest BCUT2D eigenvalue weighted by atomic mass is 19.1. The van der Waals surface area contributed by atoms with E-state index in [1.807, 2.05) is 98.5 Å². The molecule has 6 aliphatic rings. The Bertz CT molecular complexity index is 4290. The quantitative estimate of drug-likeness (QED) is 0.0646. The van der Waals surface area contributed by atoms with E-state index in [-0.39, 0.29) is 35.3 Å². The van der Waals surface area contributed by atoms with Crippen molar-refractivity contribution in [1.29, 1.82) is 0 Å². The molecule has 9 heterocycles. The van der Waals surface area contributed by atoms with Crippen molar-refractivity contribution in [3.8, 4) is 0 Å². The van der Waals surface area contributed by atoms with Crippen LogP contribution in [0.25, 0.3) is 22.4 Å². The van der Waals surface area contributed by atoms with Gasteiger partial charge < -0.3 is 49.8 Å². The minimum absolute atomic E-state index is 0.156. The molecular weight excluding hydrogens is 1270 g/mol. The Hall–Kier alpha value is -10.8. The summed E-state index contributed by atoms with van der Waals surface area (Å²) < 4.78 is 30.2. The van der Waals surface area contributed by atoms with Crippen LogP contribution in [0.5, 0.6) is 0 Å². The summed E-state index contributed by atoms with van der Waals surface area (Å²) in [6.45, 7) is 17.5. The third kappa shape index (κ3) is 17.1. The van der Waals surface area contributed by atoms with E-state index in [9.17, 15) is 14.0 Å². The number of aryl methyl sites for hydroxylation is 1. The third-order valence-electron chi connectivity index (χ3n) is 18.6. The number of fused-ring (bicyclic) bond motifs is 3. The Balaban J connectivity index is 0.000000136. The highest BCUT2D eigenvalue weighted by Gasteiger charge is 2.26. The molecule has 22 heteroatoms. The van der Waals surface area contributed by atoms with Gasteiger partial charge in [-0.1, -0.05) is 97.6 Å². The number of morpholine rings is 3. The standard InChI is InChI=1S/C27H30N6O2.C26H26FN5O.C26H27N5O2/c1-32(2)18-25(19-6-4-3-5-7-19)31-27(34)26-29-15-20(16-30-26)22-8-9-24-23(22)14-21(17-28-24)33-10-12-35-13-11-33;1-18(28-9-8-19-4-2-3-5-24(19)27)26-30-15-20(16-31-26)22-6-7-25-23(22)14-21(17-29-25)32-10-12-33-13-11-32;1-18-4-2-3-5-19(18)8-9-27-26(32)25-29-15-20(16-30-25)22-6-7-24-23(22)14-21(17-28-24)31-10-12-33-13-11-31/h3-8,14-17,25H,9-13,18H2,1-2H3,(H,31,34);2-6,14-17,28H,1,7-13H2;2-6,14-17H,7-13H2,1H3,(H,27,32)/t25-;;/m0../s1. The van der Waals surface area contributed by atoms with Gasteiger partial charge in [0.1, 0.15) is 5.82 Å². The summed E-state index contributed by atoms with van der Waals surface area (Å²) in [7, 11) is 3.97. The largest absolute Gasteiger partial charge is 0.382 e. The number of likely N-dealkylation sites (N-methyl/N-ethyl adjacent to an activating group) is 1. The summed E-state index contributed by atoms with van der Waals surface area (Å²) in [6.07, 6.45) is 26.6. The molecule has 3 aliphatic carbocycles. The van der Waals surface area contributed by atoms with Crippen LogP contribution in [0, 0.1) is 12.7 Å². The van der Waals surface area contributed by atoms with E-state index >= 15 is 0 Å². The number of rotatable bonds is 20. The fourth-order valence-electron chi connectivity index (χ4n) is 13.1. The van der Waals surface area contributed by atoms with E-state index in [0.29, 0.717) is 43.1 Å². The molecule has 0 saturated carbocycles. The van der Waals surface area contributed by atoms with Gasteiger partial charge in [0, 0.05) is 149 Å². The lowest BCUT2D eigenvalue weighted by molar-refractivity contribution is 0.0916. The van der Waals surface area contributed by atoms with Gasteiger partial charge in [0.25, 0.3) is 11.8 Å². The minimum atomic E-state index is -0.288. The maximum Gasteiger partial charge on any atom is 0.289 e. The lowest BCUT2D eigenvalue weighted by atomic mass is 10.0. The highest BCUT2D eigenvalue weighted by Crippen LogP contribution is 2.37. The number of carbonyl (C=O) groups is 2. The molecule has 21 nitrogen and oxygen atoms in total. The molecule has 0 unspecified atom stereocenters. The number of pyridine rings is 3. The van der Waals surface area contributed by atoms with Crippen LogP contribution < -0.4 is 30.7 Å². The zero-order valence-electron chi connectivity index (χ0n) is 57.3. The number of hydrogen-bond donors (Lipinski definition) is 3. The van der Waals surface area contributed by atoms with Crippen LogP contribution in [0.4, 0.5) is 21.5 Å². The SMILES string of the molecule is C=C(NCCc1ccccc1F)c1ncc(C2=CCc3ncc(N4CCOCC4)cc32)cn1.CN(C)C[C@H](NC(=O)c1ncc(C2=CCc3ncc(N4CCOCC4)cc32)cn1)c1ccccc1.Cc1ccccc1CCNC(=O)c1ncc(C2=CCc3ncc(N4CCOCC4)cc32)cn1. The van der Waals surface area contributed by atoms with Crippen LogP contribution in [-0.2, 0) is 46.3 Å². The molecule has 3 aromatic carbocycles. The number of halogens is 1. The van der Waals surface area contributed by atoms with Crippen molar-refractivity contribution in [2.75, 3.05) is 127 Å². The van der Waals surface area contributed by atoms with Crippen molar-refractivity contribution in [1.82, 2.24) is 65.7 Å². The molecule has 15 rings (SSSR count). The maximum atomic E-state index is 13.8. The zero-order chi connectivity index (χ0) is 69.4. The van der Waals surface area contributed by atoms with Crippen LogP contribution in [0.2, 0.25) is 0 Å². The number of aromatic nitrogens is 9. The topological polar surface area (TPSA) is 227 Å². The van der Waals surface area contributed by atoms with Crippen molar-refractivity contribution in [2.24, 2.45) is 0 Å². The van der Waals surface area contributed by atoms with Gasteiger partial charge in [-0.25, -0.2) is 34.3 Å². The van der Waals surface area contributed by atoms with Gasteiger partial charge in [-0.05, 0) is 97.1 Å². The lowest BCUT2D eigenvalue weighted by Gasteiger charge is -2.29. The lowest BCUT2D eigenvalue weighted by Crippen LogP contribution is -2.36. The molecule has 0 radical (unpaired) electrons. The van der Waals surface area contributed by atoms with E-state index in [1.165, 1.54) is 17.2 Å². The molecule has 9 aromatic rings. The fraction of sp³-hybridized carbons (Fsp3) is 0.304. The average Bonchev–Trinajstić information content (AvgIpc) is 1.68. The fourth-order valence-corrected chi connectivity index (χ4v) is 13.1. The van der Waals surface area contributed by atoms with Crippen LogP contribution in [0.3, 0.4) is 0 Å². The first-order valence-corrected chi connectivity index (χ1v) is 34.5. The second kappa shape index (κ2) is 32.9. The third-order valence-corrected chi connectivity index (χ3v) is 18.6. The van der Waals surface area contributed by atoms with Gasteiger partial charge in [-0.2, -0.15) is 0 Å². The number of ether oxygens (including phenoxy) is 3.